The van der Waals surface area contributed by atoms with Crippen LogP contribution in [0.1, 0.15) is 16.7 Å². The lowest BCUT2D eigenvalue weighted by Gasteiger charge is -2.13. The van der Waals surface area contributed by atoms with Crippen molar-refractivity contribution in [1.82, 2.24) is 4.57 Å². The van der Waals surface area contributed by atoms with Crippen molar-refractivity contribution in [3.63, 3.8) is 0 Å². The lowest BCUT2D eigenvalue weighted by atomic mass is 10.1. The zero-order valence-corrected chi connectivity index (χ0v) is 18.7. The van der Waals surface area contributed by atoms with Crippen molar-refractivity contribution in [3.8, 4) is 0 Å². The highest BCUT2D eigenvalue weighted by Gasteiger charge is 2.42. The second kappa shape index (κ2) is 9.43. The molecule has 0 saturated heterocycles. The fraction of sp³-hybridized carbons (Fsp3) is 0.0870. The molecule has 0 amide bonds. The number of anilines is 1. The van der Waals surface area contributed by atoms with Gasteiger partial charge in [0.2, 0.25) is 0 Å². The molecule has 3 nitrogen and oxygen atoms in total. The molecule has 3 aromatic carbocycles. The Balaban J connectivity index is 1.67. The molecule has 0 radical (unpaired) electrons. The largest absolute Gasteiger partial charge is 0.422 e. The number of nitrogens with one attached hydrogen (secondary N) is 1. The van der Waals surface area contributed by atoms with Gasteiger partial charge < -0.3 is 4.57 Å². The van der Waals surface area contributed by atoms with Crippen molar-refractivity contribution in [3.05, 3.63) is 98.7 Å². The Hall–Kier alpha value is -3.24. The molecule has 4 aromatic rings. The van der Waals surface area contributed by atoms with Crippen molar-refractivity contribution >= 4 is 46.0 Å². The topological polar surface area (TPSA) is 29.3 Å². The monoisotopic (exact) mass is 533 g/mol. The van der Waals surface area contributed by atoms with Crippen molar-refractivity contribution in [2.45, 2.75) is 12.7 Å². The maximum absolute atomic E-state index is 14.1. The fourth-order valence-corrected chi connectivity index (χ4v) is 3.96. The molecule has 0 aliphatic rings. The molecule has 4 rings (SSSR count). The standard InChI is InChI=1S/C23H12Cl2F7N3/c24-13-6-5-11(15(25)7-13)9-35-10-12(14-3-1-2-4-16(14)35)8-33-34-22-20(28)18(26)17(23(30,31)32)19(27)21(22)29/h1-8,10,34H,9H2. The van der Waals surface area contributed by atoms with Crippen molar-refractivity contribution < 1.29 is 30.7 Å². The first-order valence-electron chi connectivity index (χ1n) is 9.73. The number of hydrazone groups is 1. The van der Waals surface area contributed by atoms with Crippen LogP contribution in [0, 0.1) is 23.3 Å². The number of nitrogens with zero attached hydrogens (tertiary/aromatic N) is 2. The minimum atomic E-state index is -5.63. The Morgan fingerprint density at radius 3 is 2.20 bits per heavy atom. The number of para-hydroxylation sites is 1. The summed E-state index contributed by atoms with van der Waals surface area (Å²) in [4.78, 5) is 0. The molecule has 0 unspecified atom stereocenters. The minimum absolute atomic E-state index is 0.330. The van der Waals surface area contributed by atoms with E-state index in [0.29, 0.717) is 27.5 Å². The number of benzene rings is 3. The number of alkyl halides is 3. The summed E-state index contributed by atoms with van der Waals surface area (Å²) in [5.41, 5.74) is -0.479. The summed E-state index contributed by atoms with van der Waals surface area (Å²) < 4.78 is 95.8. The molecule has 0 fully saturated rings. The number of hydrogen-bond donors (Lipinski definition) is 1. The van der Waals surface area contributed by atoms with Crippen LogP contribution in [0.5, 0.6) is 0 Å². The lowest BCUT2D eigenvalue weighted by molar-refractivity contribution is -0.143. The molecule has 0 saturated carbocycles. The Bertz CT molecular complexity index is 1430. The minimum Gasteiger partial charge on any atom is -0.342 e. The summed E-state index contributed by atoms with van der Waals surface area (Å²) in [6.45, 7) is 0.330. The van der Waals surface area contributed by atoms with Gasteiger partial charge in [0.05, 0.1) is 6.21 Å². The van der Waals surface area contributed by atoms with Gasteiger partial charge in [0.15, 0.2) is 23.3 Å². The van der Waals surface area contributed by atoms with Crippen LogP contribution in [0.4, 0.5) is 36.4 Å². The summed E-state index contributed by atoms with van der Waals surface area (Å²) in [6, 6.07) is 12.0. The van der Waals surface area contributed by atoms with Crippen molar-refractivity contribution in [2.24, 2.45) is 5.10 Å². The zero-order valence-electron chi connectivity index (χ0n) is 17.2. The van der Waals surface area contributed by atoms with Crippen molar-refractivity contribution in [2.75, 3.05) is 5.43 Å². The van der Waals surface area contributed by atoms with Gasteiger partial charge in [-0.25, -0.2) is 17.6 Å². The maximum Gasteiger partial charge on any atom is 0.422 e. The third-order valence-electron chi connectivity index (χ3n) is 5.10. The molecule has 182 valence electrons. The van der Waals surface area contributed by atoms with Gasteiger partial charge in [0.1, 0.15) is 11.3 Å². The molecule has 0 aliphatic heterocycles. The van der Waals surface area contributed by atoms with Crippen LogP contribution in [0.25, 0.3) is 10.9 Å². The summed E-state index contributed by atoms with van der Waals surface area (Å²) in [7, 11) is 0. The SMILES string of the molecule is Fc1c(F)c(C(F)(F)F)c(F)c(F)c1NN=Cc1cn(Cc2ccc(Cl)cc2Cl)c2ccccc12. The van der Waals surface area contributed by atoms with E-state index in [1.807, 2.05) is 4.57 Å². The fourth-order valence-electron chi connectivity index (χ4n) is 3.49. The maximum atomic E-state index is 14.1. The Morgan fingerprint density at radius 1 is 0.914 bits per heavy atom. The average Bonchev–Trinajstić information content (AvgIpc) is 3.13. The first-order chi connectivity index (χ1) is 16.5. The van der Waals surface area contributed by atoms with Crippen LogP contribution in [0.3, 0.4) is 0 Å². The van der Waals surface area contributed by atoms with Gasteiger partial charge in [-0.15, -0.1) is 0 Å². The average molecular weight is 534 g/mol. The first-order valence-corrected chi connectivity index (χ1v) is 10.5. The van der Waals surface area contributed by atoms with Gasteiger partial charge in [0, 0.05) is 39.3 Å². The summed E-state index contributed by atoms with van der Waals surface area (Å²) in [5.74, 6) is -9.67. The number of hydrogen-bond acceptors (Lipinski definition) is 2. The predicted octanol–water partition coefficient (Wildman–Crippen LogP) is 8.02. The Labute approximate surface area is 203 Å². The van der Waals surface area contributed by atoms with E-state index >= 15 is 0 Å². The molecule has 1 N–H and O–H groups in total. The smallest absolute Gasteiger partial charge is 0.342 e. The highest BCUT2D eigenvalue weighted by molar-refractivity contribution is 6.35. The molecule has 1 aromatic heterocycles. The van der Waals surface area contributed by atoms with E-state index in [-0.39, 0.29) is 0 Å². The summed E-state index contributed by atoms with van der Waals surface area (Å²) in [6.07, 6.45) is -2.89. The van der Waals surface area contributed by atoms with Crippen LogP contribution in [-0.4, -0.2) is 10.8 Å². The normalized spacial score (nSPS) is 12.1. The van der Waals surface area contributed by atoms with Crippen molar-refractivity contribution in [1.29, 1.82) is 0 Å². The number of aromatic nitrogens is 1. The molecule has 1 heterocycles. The molecule has 0 aliphatic carbocycles. The van der Waals surface area contributed by atoms with Gasteiger partial charge in [-0.3, -0.25) is 5.43 Å². The second-order valence-corrected chi connectivity index (χ2v) is 8.18. The number of fused-ring (bicyclic) bond motifs is 1. The van der Waals surface area contributed by atoms with Gasteiger partial charge in [0.25, 0.3) is 0 Å². The number of halogens is 9. The van der Waals surface area contributed by atoms with Crippen LogP contribution in [0.2, 0.25) is 10.0 Å². The lowest BCUT2D eigenvalue weighted by Crippen LogP contribution is -2.16. The van der Waals surface area contributed by atoms with E-state index in [2.05, 4.69) is 5.10 Å². The van der Waals surface area contributed by atoms with Gasteiger partial charge in [-0.2, -0.15) is 18.3 Å². The Kier molecular flexibility index (Phi) is 6.70. The Morgan fingerprint density at radius 2 is 1.57 bits per heavy atom. The molecule has 0 spiro atoms. The first kappa shape index (κ1) is 24.9. The molecule has 0 bridgehead atoms. The summed E-state index contributed by atoms with van der Waals surface area (Å²) in [5, 5.41) is 5.14. The van der Waals surface area contributed by atoms with Gasteiger partial charge in [-0.05, 0) is 23.8 Å². The van der Waals surface area contributed by atoms with Crippen LogP contribution in [0.15, 0.2) is 53.8 Å². The third kappa shape index (κ3) is 4.81. The van der Waals surface area contributed by atoms with E-state index in [0.717, 1.165) is 17.3 Å². The van der Waals surface area contributed by atoms with E-state index < -0.39 is 40.7 Å². The number of rotatable bonds is 5. The zero-order chi connectivity index (χ0) is 25.5. The highest BCUT2D eigenvalue weighted by atomic mass is 35.5. The summed E-state index contributed by atoms with van der Waals surface area (Å²) >= 11 is 12.2. The van der Waals surface area contributed by atoms with Crippen LogP contribution < -0.4 is 5.43 Å². The molecular weight excluding hydrogens is 522 g/mol. The van der Waals surface area contributed by atoms with Gasteiger partial charge in [-0.1, -0.05) is 47.5 Å². The van der Waals surface area contributed by atoms with E-state index in [1.54, 1.807) is 54.1 Å². The molecule has 35 heavy (non-hydrogen) atoms. The van der Waals surface area contributed by atoms with Gasteiger partial charge >= 0.3 is 6.18 Å². The van der Waals surface area contributed by atoms with Crippen LogP contribution >= 0.6 is 23.2 Å². The van der Waals surface area contributed by atoms with E-state index in [4.69, 9.17) is 23.2 Å². The van der Waals surface area contributed by atoms with E-state index in [9.17, 15) is 30.7 Å². The third-order valence-corrected chi connectivity index (χ3v) is 5.69. The predicted molar refractivity (Wildman–Crippen MR) is 120 cm³/mol. The molecular formula is C23H12Cl2F7N3. The van der Waals surface area contributed by atoms with E-state index in [1.165, 1.54) is 0 Å². The molecule has 12 heteroatoms. The van der Waals surface area contributed by atoms with Crippen LogP contribution in [-0.2, 0) is 12.7 Å². The highest BCUT2D eigenvalue weighted by Crippen LogP contribution is 2.38. The quantitative estimate of drug-likeness (QED) is 0.120. The second-order valence-electron chi connectivity index (χ2n) is 7.34. The molecule has 0 atom stereocenters.